The van der Waals surface area contributed by atoms with E-state index in [1.165, 1.54) is 18.1 Å². The summed E-state index contributed by atoms with van der Waals surface area (Å²) in [5.74, 6) is -2.64. The van der Waals surface area contributed by atoms with Crippen molar-refractivity contribution in [1.29, 1.82) is 0 Å². The van der Waals surface area contributed by atoms with Crippen LogP contribution in [0.3, 0.4) is 0 Å². The average molecular weight is 519 g/mol. The Bertz CT molecular complexity index is 970. The molecule has 0 heterocycles. The van der Waals surface area contributed by atoms with Crippen LogP contribution in [0.1, 0.15) is 57.7 Å². The van der Waals surface area contributed by atoms with E-state index >= 15 is 0 Å². The smallest absolute Gasteiger partial charge is 0.408 e. The fraction of sp³-hybridized carbons (Fsp3) is 0.500. The van der Waals surface area contributed by atoms with Crippen molar-refractivity contribution < 1.29 is 33.4 Å². The van der Waals surface area contributed by atoms with Crippen molar-refractivity contribution in [2.75, 3.05) is 20.2 Å². The number of nitrogens with zero attached hydrogens (tertiary/aromatic N) is 1. The number of aryl methyl sites for hydroxylation is 1. The van der Waals surface area contributed by atoms with Gasteiger partial charge in [0.25, 0.3) is 0 Å². The van der Waals surface area contributed by atoms with E-state index in [1.807, 2.05) is 19.1 Å². The highest BCUT2D eigenvalue weighted by Gasteiger charge is 2.36. The van der Waals surface area contributed by atoms with Crippen molar-refractivity contribution in [3.05, 3.63) is 48.0 Å². The minimum atomic E-state index is -1.23. The number of alkyl carbamates (subject to hydrolysis) is 1. The highest BCUT2D eigenvalue weighted by molar-refractivity contribution is 5.93. The van der Waals surface area contributed by atoms with Crippen LogP contribution in [-0.4, -0.2) is 66.5 Å². The van der Waals surface area contributed by atoms with Crippen molar-refractivity contribution in [1.82, 2.24) is 15.5 Å². The Morgan fingerprint density at radius 2 is 1.76 bits per heavy atom. The summed E-state index contributed by atoms with van der Waals surface area (Å²) in [5, 5.41) is 4.98. The van der Waals surface area contributed by atoms with Crippen LogP contribution in [0, 0.1) is 0 Å². The number of carbonyl (C=O) groups excluding carboxylic acids is 5. The van der Waals surface area contributed by atoms with Crippen LogP contribution in [0.2, 0.25) is 0 Å². The number of methoxy groups -OCH3 is 1. The second-order valence-corrected chi connectivity index (χ2v) is 9.27. The molecule has 204 valence electrons. The van der Waals surface area contributed by atoms with E-state index in [1.54, 1.807) is 32.9 Å². The van der Waals surface area contributed by atoms with E-state index < -0.39 is 54.0 Å². The van der Waals surface area contributed by atoms with Gasteiger partial charge in [0, 0.05) is 13.0 Å². The SMILES string of the molecule is C=CCN(C(=O)C(CCC(N)=O)NC(=O)OC(C)(C)C)C(C(=O)NCC(=O)OC)c1ccc(CC)cc1. The van der Waals surface area contributed by atoms with E-state index in [9.17, 15) is 24.0 Å². The molecule has 1 rings (SSSR count). The molecule has 0 aromatic heterocycles. The minimum absolute atomic E-state index is 0.0757. The molecule has 4 N–H and O–H groups in total. The number of nitrogens with one attached hydrogen (secondary N) is 2. The summed E-state index contributed by atoms with van der Waals surface area (Å²) in [6.07, 6.45) is 1.01. The van der Waals surface area contributed by atoms with Crippen LogP contribution in [0.15, 0.2) is 36.9 Å². The van der Waals surface area contributed by atoms with Gasteiger partial charge in [0.05, 0.1) is 7.11 Å². The highest BCUT2D eigenvalue weighted by Crippen LogP contribution is 2.24. The summed E-state index contributed by atoms with van der Waals surface area (Å²) >= 11 is 0. The van der Waals surface area contributed by atoms with Gasteiger partial charge in [-0.1, -0.05) is 37.3 Å². The Morgan fingerprint density at radius 3 is 2.24 bits per heavy atom. The molecule has 1 aromatic carbocycles. The first-order valence-electron chi connectivity index (χ1n) is 12.0. The first kappa shape index (κ1) is 31.1. The highest BCUT2D eigenvalue weighted by atomic mass is 16.6. The molecule has 0 bridgehead atoms. The predicted molar refractivity (Wildman–Crippen MR) is 137 cm³/mol. The zero-order valence-corrected chi connectivity index (χ0v) is 22.2. The number of amides is 4. The Labute approximate surface area is 217 Å². The lowest BCUT2D eigenvalue weighted by atomic mass is 9.99. The van der Waals surface area contributed by atoms with E-state index in [0.29, 0.717) is 5.56 Å². The minimum Gasteiger partial charge on any atom is -0.468 e. The fourth-order valence-corrected chi connectivity index (χ4v) is 3.39. The van der Waals surface area contributed by atoms with E-state index in [0.717, 1.165) is 12.0 Å². The number of hydrogen-bond donors (Lipinski definition) is 3. The molecule has 11 heteroatoms. The number of nitrogens with two attached hydrogens (primary N) is 1. The summed E-state index contributed by atoms with van der Waals surface area (Å²) in [6.45, 7) is 10.2. The van der Waals surface area contributed by atoms with Crippen LogP contribution in [0.5, 0.6) is 0 Å². The molecule has 0 aliphatic carbocycles. The third kappa shape index (κ3) is 10.7. The third-order valence-electron chi connectivity index (χ3n) is 5.18. The van der Waals surface area contributed by atoms with Gasteiger partial charge in [0.1, 0.15) is 24.2 Å². The second-order valence-electron chi connectivity index (χ2n) is 9.27. The predicted octanol–water partition coefficient (Wildman–Crippen LogP) is 1.75. The van der Waals surface area contributed by atoms with Crippen LogP contribution in [-0.2, 0) is 35.1 Å². The quantitative estimate of drug-likeness (QED) is 0.265. The lowest BCUT2D eigenvalue weighted by Crippen LogP contribution is -2.53. The number of esters is 1. The molecule has 4 amide bonds. The monoisotopic (exact) mass is 518 g/mol. The molecule has 0 spiro atoms. The van der Waals surface area contributed by atoms with Gasteiger partial charge in [-0.3, -0.25) is 19.2 Å². The van der Waals surface area contributed by atoms with Crippen LogP contribution in [0.4, 0.5) is 4.79 Å². The Kier molecular flexibility index (Phi) is 12.3. The topological polar surface area (TPSA) is 157 Å². The fourth-order valence-electron chi connectivity index (χ4n) is 3.39. The normalized spacial score (nSPS) is 12.5. The number of ether oxygens (including phenoxy) is 2. The standard InChI is InChI=1S/C26H38N4O7/c1-7-15-30(24(34)19(13-14-20(27)31)29-25(35)37-26(3,4)5)22(23(33)28-16-21(32)36-6)18-11-9-17(8-2)10-12-18/h7,9-12,19,22H,1,8,13-16H2,2-6H3,(H2,27,31)(H,28,33)(H,29,35). The number of primary amides is 1. The van der Waals surface area contributed by atoms with Crippen LogP contribution < -0.4 is 16.4 Å². The van der Waals surface area contributed by atoms with Crippen molar-refractivity contribution in [2.45, 2.75) is 64.6 Å². The van der Waals surface area contributed by atoms with Crippen molar-refractivity contribution in [2.24, 2.45) is 5.73 Å². The van der Waals surface area contributed by atoms with Gasteiger partial charge in [0.2, 0.25) is 17.7 Å². The summed E-state index contributed by atoms with van der Waals surface area (Å²) in [7, 11) is 1.19. The molecule has 2 atom stereocenters. The van der Waals surface area contributed by atoms with Gasteiger partial charge < -0.3 is 30.7 Å². The Hall–Kier alpha value is -3.89. The zero-order valence-electron chi connectivity index (χ0n) is 22.2. The third-order valence-corrected chi connectivity index (χ3v) is 5.18. The van der Waals surface area contributed by atoms with Crippen LogP contribution >= 0.6 is 0 Å². The summed E-state index contributed by atoms with van der Waals surface area (Å²) < 4.78 is 9.86. The molecule has 0 saturated heterocycles. The van der Waals surface area contributed by atoms with Crippen LogP contribution in [0.25, 0.3) is 0 Å². The largest absolute Gasteiger partial charge is 0.468 e. The molecule has 1 aromatic rings. The molecule has 37 heavy (non-hydrogen) atoms. The molecule has 2 unspecified atom stereocenters. The van der Waals surface area contributed by atoms with E-state index in [2.05, 4.69) is 21.9 Å². The number of benzene rings is 1. The number of hydrogen-bond acceptors (Lipinski definition) is 7. The summed E-state index contributed by atoms with van der Waals surface area (Å²) in [6, 6.07) is 4.67. The first-order chi connectivity index (χ1) is 17.3. The lowest BCUT2D eigenvalue weighted by molar-refractivity contribution is -0.144. The maximum absolute atomic E-state index is 13.8. The summed E-state index contributed by atoms with van der Waals surface area (Å²) in [5.41, 5.74) is 5.94. The molecular formula is C26H38N4O7. The maximum Gasteiger partial charge on any atom is 0.408 e. The first-order valence-corrected chi connectivity index (χ1v) is 12.0. The average Bonchev–Trinajstić information content (AvgIpc) is 2.83. The number of rotatable bonds is 13. The van der Waals surface area contributed by atoms with Crippen molar-refractivity contribution in [3.8, 4) is 0 Å². The van der Waals surface area contributed by atoms with E-state index in [4.69, 9.17) is 10.5 Å². The van der Waals surface area contributed by atoms with Crippen molar-refractivity contribution >= 4 is 29.8 Å². The van der Waals surface area contributed by atoms with Gasteiger partial charge in [-0.2, -0.15) is 0 Å². The molecule has 11 nitrogen and oxygen atoms in total. The maximum atomic E-state index is 13.8. The molecule has 0 saturated carbocycles. The van der Waals surface area contributed by atoms with Crippen molar-refractivity contribution in [3.63, 3.8) is 0 Å². The van der Waals surface area contributed by atoms with Gasteiger partial charge >= 0.3 is 12.1 Å². The second kappa shape index (κ2) is 14.6. The van der Waals surface area contributed by atoms with Gasteiger partial charge in [-0.05, 0) is 44.7 Å². The lowest BCUT2D eigenvalue weighted by Gasteiger charge is -2.33. The zero-order chi connectivity index (χ0) is 28.2. The Morgan fingerprint density at radius 1 is 1.14 bits per heavy atom. The molecule has 0 radical (unpaired) electrons. The van der Waals surface area contributed by atoms with Gasteiger partial charge in [-0.25, -0.2) is 4.79 Å². The molecular weight excluding hydrogens is 480 g/mol. The van der Waals surface area contributed by atoms with E-state index in [-0.39, 0.29) is 19.4 Å². The molecule has 0 aliphatic rings. The van der Waals surface area contributed by atoms with Gasteiger partial charge in [-0.15, -0.1) is 6.58 Å². The number of carbonyl (C=O) groups is 5. The van der Waals surface area contributed by atoms with Gasteiger partial charge in [0.15, 0.2) is 0 Å². The Balaban J connectivity index is 3.45. The molecule has 0 aliphatic heterocycles. The molecule has 0 fully saturated rings. The summed E-state index contributed by atoms with van der Waals surface area (Å²) in [4.78, 5) is 63.9.